The number of para-hydroxylation sites is 2. The van der Waals surface area contributed by atoms with Crippen molar-refractivity contribution < 1.29 is 28.8 Å². The summed E-state index contributed by atoms with van der Waals surface area (Å²) in [6, 6.07) is 24.2. The monoisotopic (exact) mass is 976 g/mol. The highest BCUT2D eigenvalue weighted by molar-refractivity contribution is 6.37. The second-order valence-corrected chi connectivity index (χ2v) is 16.8. The number of alkyl halides is 3. The van der Waals surface area contributed by atoms with E-state index in [2.05, 4.69) is 41.7 Å². The molecular formula is C46H41Cl5N8O6. The lowest BCUT2D eigenvalue weighted by Crippen LogP contribution is -2.32. The highest BCUT2D eigenvalue weighted by Gasteiger charge is 2.27. The highest BCUT2D eigenvalue weighted by Crippen LogP contribution is 2.34. The van der Waals surface area contributed by atoms with Crippen molar-refractivity contribution in [2.24, 2.45) is 20.5 Å². The van der Waals surface area contributed by atoms with Gasteiger partial charge in [-0.15, -0.1) is 34.8 Å². The van der Waals surface area contributed by atoms with Gasteiger partial charge in [0.05, 0.1) is 31.9 Å². The van der Waals surface area contributed by atoms with Gasteiger partial charge in [0.2, 0.25) is 12.1 Å². The van der Waals surface area contributed by atoms with Crippen LogP contribution in [0.1, 0.15) is 75.9 Å². The number of ketones is 2. The van der Waals surface area contributed by atoms with Gasteiger partial charge in [0.25, 0.3) is 23.6 Å². The first-order chi connectivity index (χ1) is 31.0. The molecule has 0 aliphatic rings. The maximum absolute atomic E-state index is 13.5. The molecule has 0 aliphatic carbocycles. The Morgan fingerprint density at radius 2 is 1.00 bits per heavy atom. The Morgan fingerprint density at radius 1 is 0.554 bits per heavy atom. The van der Waals surface area contributed by atoms with Crippen molar-refractivity contribution in [2.45, 2.75) is 57.0 Å². The lowest BCUT2D eigenvalue weighted by atomic mass is 10.1. The third-order valence-electron chi connectivity index (χ3n) is 9.54. The van der Waals surface area contributed by atoms with Crippen LogP contribution in [0.2, 0.25) is 10.0 Å². The first-order valence-corrected chi connectivity index (χ1v) is 22.0. The molecule has 5 rings (SSSR count). The summed E-state index contributed by atoms with van der Waals surface area (Å²) in [7, 11) is 0. The molecule has 0 spiro atoms. The van der Waals surface area contributed by atoms with Crippen LogP contribution in [0.5, 0.6) is 0 Å². The van der Waals surface area contributed by atoms with Crippen molar-refractivity contribution in [3.8, 4) is 0 Å². The smallest absolute Gasteiger partial charge is 0.258 e. The van der Waals surface area contributed by atoms with Crippen molar-refractivity contribution in [1.29, 1.82) is 0 Å². The summed E-state index contributed by atoms with van der Waals surface area (Å²) >= 11 is 31.8. The van der Waals surface area contributed by atoms with Crippen LogP contribution in [0.25, 0.3) is 0 Å². The molecule has 4 atom stereocenters. The topological polar surface area (TPSA) is 200 Å². The maximum atomic E-state index is 13.5. The fourth-order valence-corrected chi connectivity index (χ4v) is 7.31. The Balaban J connectivity index is 1.29. The summed E-state index contributed by atoms with van der Waals surface area (Å²) in [5.74, 6) is -3.93. The van der Waals surface area contributed by atoms with E-state index in [0.717, 1.165) is 13.8 Å². The Hall–Kier alpha value is -6.03. The molecule has 5 aromatic carbocycles. The number of nitrogens with zero attached hydrogens (tertiary/aromatic N) is 4. The summed E-state index contributed by atoms with van der Waals surface area (Å²) in [6.07, 6.45) is 0.209. The zero-order valence-electron chi connectivity index (χ0n) is 35.2. The molecule has 336 valence electrons. The van der Waals surface area contributed by atoms with E-state index in [9.17, 15) is 28.8 Å². The van der Waals surface area contributed by atoms with Crippen molar-refractivity contribution in [3.63, 3.8) is 0 Å². The minimum Gasteiger partial charge on any atom is -0.324 e. The van der Waals surface area contributed by atoms with Crippen LogP contribution in [-0.2, 0) is 25.6 Å². The SMILES string of the molecule is CC(=O)C(N=Nc1cccc(C(=O)Nc2ccccc2C(C)Cl)c1Cl)C(=O)Nc1ccc(NC(=O)C(N=Nc2cccc(C(=O)Nc3ccccc3C(C)Cl)c2Cl)C(C)=O)c(CCCl)c1. The molecule has 0 saturated carbocycles. The van der Waals surface area contributed by atoms with Crippen LogP contribution >= 0.6 is 58.0 Å². The van der Waals surface area contributed by atoms with E-state index in [1.807, 2.05) is 0 Å². The summed E-state index contributed by atoms with van der Waals surface area (Å²) in [4.78, 5) is 78.7. The van der Waals surface area contributed by atoms with Crippen LogP contribution < -0.4 is 21.3 Å². The van der Waals surface area contributed by atoms with Gasteiger partial charge in [0.1, 0.15) is 11.4 Å². The normalized spacial score (nSPS) is 13.1. The van der Waals surface area contributed by atoms with Gasteiger partial charge in [0.15, 0.2) is 11.6 Å². The number of hydrogen-bond acceptors (Lipinski definition) is 10. The van der Waals surface area contributed by atoms with Crippen LogP contribution in [0.3, 0.4) is 0 Å². The van der Waals surface area contributed by atoms with E-state index in [0.29, 0.717) is 28.1 Å². The van der Waals surface area contributed by atoms with Gasteiger partial charge in [0, 0.05) is 28.6 Å². The molecule has 0 radical (unpaired) electrons. The number of azo groups is 2. The number of nitrogens with one attached hydrogen (secondary N) is 4. The zero-order chi connectivity index (χ0) is 47.4. The largest absolute Gasteiger partial charge is 0.324 e. The average Bonchev–Trinajstić information content (AvgIpc) is 3.25. The van der Waals surface area contributed by atoms with Gasteiger partial charge in [-0.3, -0.25) is 28.8 Å². The Kier molecular flexibility index (Phi) is 17.9. The van der Waals surface area contributed by atoms with Gasteiger partial charge < -0.3 is 21.3 Å². The summed E-state index contributed by atoms with van der Waals surface area (Å²) < 4.78 is 0. The number of hydrogen-bond donors (Lipinski definition) is 4. The standard InChI is InChI=1S/C46H41Cl5N8O6/c1-24(48)30-11-5-7-15-35(30)54-43(62)32-13-9-17-37(39(32)50)56-58-41(26(3)60)45(64)52-29-19-20-34(28(23-29)21-22-47)53-46(65)42(27(4)61)59-57-38-18-10-14-33(40(38)51)44(63)55-36-16-8-6-12-31(36)25(2)49/h5-20,23-25,41-42H,21-22H2,1-4H3,(H,52,64)(H,53,65)(H,54,62)(H,55,63). The van der Waals surface area contributed by atoms with Gasteiger partial charge in [-0.05, 0) is 105 Å². The van der Waals surface area contributed by atoms with Crippen LogP contribution in [0.15, 0.2) is 124 Å². The molecular weight excluding hydrogens is 938 g/mol. The first kappa shape index (κ1) is 50.0. The maximum Gasteiger partial charge on any atom is 0.258 e. The molecule has 4 unspecified atom stereocenters. The minimum absolute atomic E-state index is 0.0303. The van der Waals surface area contributed by atoms with Crippen LogP contribution in [0, 0.1) is 0 Å². The number of carbonyl (C=O) groups excluding carboxylic acids is 6. The zero-order valence-corrected chi connectivity index (χ0v) is 38.9. The second-order valence-electron chi connectivity index (χ2n) is 14.3. The highest BCUT2D eigenvalue weighted by atomic mass is 35.5. The number of amides is 4. The number of Topliss-reactive ketones (excluding diaryl/α,β-unsaturated/α-hetero) is 2. The average molecular weight is 979 g/mol. The molecule has 4 N–H and O–H groups in total. The Bertz CT molecular complexity index is 2690. The van der Waals surface area contributed by atoms with Crippen LogP contribution in [0.4, 0.5) is 34.1 Å². The quantitative estimate of drug-likeness (QED) is 0.0382. The van der Waals surface area contributed by atoms with E-state index in [1.54, 1.807) is 62.4 Å². The van der Waals surface area contributed by atoms with Gasteiger partial charge >= 0.3 is 0 Å². The van der Waals surface area contributed by atoms with Crippen molar-refractivity contribution in [3.05, 3.63) is 141 Å². The molecule has 0 aliphatic heterocycles. The third kappa shape index (κ3) is 13.0. The Labute approximate surface area is 399 Å². The fourth-order valence-electron chi connectivity index (χ4n) is 6.23. The van der Waals surface area contributed by atoms with E-state index in [4.69, 9.17) is 58.0 Å². The van der Waals surface area contributed by atoms with Gasteiger partial charge in [-0.1, -0.05) is 71.7 Å². The van der Waals surface area contributed by atoms with Crippen molar-refractivity contribution >= 4 is 127 Å². The fraction of sp³-hybridized carbons (Fsp3) is 0.217. The molecule has 5 aromatic rings. The van der Waals surface area contributed by atoms with Crippen molar-refractivity contribution in [1.82, 2.24) is 0 Å². The Morgan fingerprint density at radius 3 is 1.43 bits per heavy atom. The molecule has 14 nitrogen and oxygen atoms in total. The second kappa shape index (κ2) is 23.2. The summed E-state index contributed by atoms with van der Waals surface area (Å²) in [6.45, 7) is 5.87. The number of rotatable bonds is 18. The predicted molar refractivity (Wildman–Crippen MR) is 256 cm³/mol. The number of carbonyl (C=O) groups is 6. The molecule has 0 aromatic heterocycles. The van der Waals surface area contributed by atoms with E-state index in [1.165, 1.54) is 54.6 Å². The van der Waals surface area contributed by atoms with Crippen LogP contribution in [-0.4, -0.2) is 53.2 Å². The molecule has 0 bridgehead atoms. The van der Waals surface area contributed by atoms with Gasteiger partial charge in [-0.25, -0.2) is 0 Å². The predicted octanol–water partition coefficient (Wildman–Crippen LogP) is 12.2. The molecule has 0 heterocycles. The molecule has 19 heteroatoms. The number of halogens is 5. The lowest BCUT2D eigenvalue weighted by Gasteiger charge is -2.16. The van der Waals surface area contributed by atoms with Gasteiger partial charge in [-0.2, -0.15) is 20.5 Å². The molecule has 0 fully saturated rings. The van der Waals surface area contributed by atoms with E-state index < -0.39 is 47.3 Å². The minimum atomic E-state index is -1.62. The molecule has 4 amide bonds. The summed E-state index contributed by atoms with van der Waals surface area (Å²) in [5, 5.41) is 26.1. The number of aryl methyl sites for hydroxylation is 1. The summed E-state index contributed by atoms with van der Waals surface area (Å²) in [5.41, 5.74) is 3.53. The molecule has 65 heavy (non-hydrogen) atoms. The number of anilines is 4. The van der Waals surface area contributed by atoms with Crippen molar-refractivity contribution in [2.75, 3.05) is 27.1 Å². The molecule has 0 saturated heterocycles. The van der Waals surface area contributed by atoms with E-state index in [-0.39, 0.29) is 67.0 Å². The number of benzene rings is 5. The first-order valence-electron chi connectivity index (χ1n) is 19.8. The lowest BCUT2D eigenvalue weighted by molar-refractivity contribution is -0.127. The third-order valence-corrected chi connectivity index (χ3v) is 11.0. The van der Waals surface area contributed by atoms with E-state index >= 15 is 0 Å².